The van der Waals surface area contributed by atoms with Gasteiger partial charge in [0.15, 0.2) is 0 Å². The molecule has 3 N–H and O–H groups in total. The van der Waals surface area contributed by atoms with Crippen molar-refractivity contribution in [3.05, 3.63) is 22.2 Å². The van der Waals surface area contributed by atoms with Gasteiger partial charge in [-0.15, -0.1) is 0 Å². The van der Waals surface area contributed by atoms with Crippen LogP contribution in [-0.4, -0.2) is 56.6 Å². The third-order valence-corrected chi connectivity index (χ3v) is 5.98. The van der Waals surface area contributed by atoms with E-state index in [1.54, 1.807) is 0 Å². The molecule has 0 aromatic carbocycles. The maximum atomic E-state index is 12.5. The number of nitrogens with one attached hydrogen (secondary N) is 1. The van der Waals surface area contributed by atoms with Crippen molar-refractivity contribution in [2.75, 3.05) is 0 Å². The third kappa shape index (κ3) is 4.26. The van der Waals surface area contributed by atoms with Crippen molar-refractivity contribution in [3.63, 3.8) is 0 Å². The van der Waals surface area contributed by atoms with Gasteiger partial charge >= 0.3 is 16.4 Å². The SMILES string of the molecule is CC(=O)N/C=C\[S@](=O)C1=C(C(=O)O)N2C(=O)[C@@H](C(C)(C)OS(=O)(=O)O)[C@H]2C1. The summed E-state index contributed by atoms with van der Waals surface area (Å²) < 4.78 is 47.9. The first kappa shape index (κ1) is 21.2. The van der Waals surface area contributed by atoms with E-state index in [0.29, 0.717) is 0 Å². The Morgan fingerprint density at radius 3 is 2.48 bits per heavy atom. The zero-order valence-corrected chi connectivity index (χ0v) is 16.2. The molecule has 2 rings (SSSR count). The Labute approximate surface area is 157 Å². The quantitative estimate of drug-likeness (QED) is 0.361. The van der Waals surface area contributed by atoms with E-state index in [4.69, 9.17) is 4.55 Å². The maximum absolute atomic E-state index is 12.5. The first-order valence-corrected chi connectivity index (χ1v) is 10.2. The van der Waals surface area contributed by atoms with E-state index < -0.39 is 62.2 Å². The summed E-state index contributed by atoms with van der Waals surface area (Å²) in [6.07, 6.45) is 1.01. The predicted molar refractivity (Wildman–Crippen MR) is 91.2 cm³/mol. The summed E-state index contributed by atoms with van der Waals surface area (Å²) in [5, 5.41) is 12.8. The summed E-state index contributed by atoms with van der Waals surface area (Å²) in [5.41, 5.74) is -2.09. The molecule has 0 aromatic rings. The van der Waals surface area contributed by atoms with E-state index >= 15 is 0 Å². The molecule has 150 valence electrons. The molecule has 2 amide bonds. The minimum Gasteiger partial charge on any atom is -0.477 e. The minimum atomic E-state index is -4.85. The van der Waals surface area contributed by atoms with E-state index in [2.05, 4.69) is 9.50 Å². The molecule has 0 unspecified atom stereocenters. The predicted octanol–water partition coefficient (Wildman–Crippen LogP) is -0.533. The summed E-state index contributed by atoms with van der Waals surface area (Å²) in [5.74, 6) is -3.66. The van der Waals surface area contributed by atoms with Crippen LogP contribution in [0.3, 0.4) is 0 Å². The molecule has 1 fully saturated rings. The Balaban J connectivity index is 2.30. The number of hydrogen-bond donors (Lipinski definition) is 3. The van der Waals surface area contributed by atoms with Gasteiger partial charge in [0.1, 0.15) is 5.70 Å². The number of carboxylic acids is 1. The fourth-order valence-electron chi connectivity index (χ4n) is 3.23. The lowest BCUT2D eigenvalue weighted by atomic mass is 9.76. The lowest BCUT2D eigenvalue weighted by Gasteiger charge is -2.49. The summed E-state index contributed by atoms with van der Waals surface area (Å²) in [6, 6.07) is -0.784. The van der Waals surface area contributed by atoms with Crippen molar-refractivity contribution in [3.8, 4) is 0 Å². The molecule has 0 spiro atoms. The maximum Gasteiger partial charge on any atom is 0.397 e. The lowest BCUT2D eigenvalue weighted by Crippen LogP contribution is -2.66. The highest BCUT2D eigenvalue weighted by atomic mass is 32.3. The summed E-state index contributed by atoms with van der Waals surface area (Å²) >= 11 is 0. The van der Waals surface area contributed by atoms with E-state index in [1.165, 1.54) is 20.8 Å². The molecule has 2 aliphatic heterocycles. The van der Waals surface area contributed by atoms with Crippen LogP contribution in [-0.2, 0) is 39.8 Å². The van der Waals surface area contributed by atoms with Gasteiger partial charge in [0.25, 0.3) is 0 Å². The number of fused-ring (bicyclic) bond motifs is 1. The summed E-state index contributed by atoms with van der Waals surface area (Å²) in [7, 11) is -6.79. The number of aliphatic carboxylic acids is 1. The van der Waals surface area contributed by atoms with Gasteiger partial charge in [-0.05, 0) is 13.8 Å². The molecular weight excluding hydrogens is 404 g/mol. The molecule has 0 radical (unpaired) electrons. The largest absolute Gasteiger partial charge is 0.477 e. The number of carbonyl (C=O) groups excluding carboxylic acids is 2. The van der Waals surface area contributed by atoms with Gasteiger partial charge in [0.05, 0.1) is 33.3 Å². The van der Waals surface area contributed by atoms with Crippen LogP contribution in [0.25, 0.3) is 0 Å². The van der Waals surface area contributed by atoms with Crippen molar-refractivity contribution >= 4 is 39.0 Å². The molecular formula is C14H18N2O9S2. The Kier molecular flexibility index (Phi) is 5.61. The molecule has 2 heterocycles. The van der Waals surface area contributed by atoms with Crippen molar-refractivity contribution in [2.45, 2.75) is 38.8 Å². The Morgan fingerprint density at radius 2 is 2.00 bits per heavy atom. The van der Waals surface area contributed by atoms with Crippen LogP contribution in [0.5, 0.6) is 0 Å². The van der Waals surface area contributed by atoms with Gasteiger partial charge < -0.3 is 15.3 Å². The second-order valence-corrected chi connectivity index (χ2v) is 8.83. The number of rotatable bonds is 7. The highest BCUT2D eigenvalue weighted by Gasteiger charge is 2.62. The minimum absolute atomic E-state index is 0.0485. The van der Waals surface area contributed by atoms with E-state index in [9.17, 15) is 32.1 Å². The molecule has 3 atom stereocenters. The second-order valence-electron chi connectivity index (χ2n) is 6.45. The number of β-lactam (4-membered cyclic amide) rings is 1. The van der Waals surface area contributed by atoms with Crippen LogP contribution in [0.1, 0.15) is 27.2 Å². The third-order valence-electron chi connectivity index (χ3n) is 4.11. The van der Waals surface area contributed by atoms with Crippen LogP contribution < -0.4 is 5.32 Å². The topological polar surface area (TPSA) is 167 Å². The number of carboxylic acid groups (broad SMARTS) is 1. The van der Waals surface area contributed by atoms with Crippen LogP contribution in [0.15, 0.2) is 22.2 Å². The van der Waals surface area contributed by atoms with Gasteiger partial charge in [-0.25, -0.2) is 13.2 Å². The molecule has 0 saturated carbocycles. The number of carbonyl (C=O) groups is 3. The summed E-state index contributed by atoms with van der Waals surface area (Å²) in [4.78, 5) is 35.8. The zero-order chi connectivity index (χ0) is 20.7. The second kappa shape index (κ2) is 7.14. The fraction of sp³-hybridized carbons (Fsp3) is 0.500. The van der Waals surface area contributed by atoms with E-state index in [0.717, 1.165) is 16.5 Å². The normalized spacial score (nSPS) is 24.0. The average Bonchev–Trinajstić information content (AvgIpc) is 2.78. The average molecular weight is 422 g/mol. The van der Waals surface area contributed by atoms with Gasteiger partial charge in [-0.3, -0.25) is 14.1 Å². The van der Waals surface area contributed by atoms with Crippen LogP contribution >= 0.6 is 0 Å². The smallest absolute Gasteiger partial charge is 0.397 e. The first-order chi connectivity index (χ1) is 12.3. The molecule has 11 nitrogen and oxygen atoms in total. The monoisotopic (exact) mass is 422 g/mol. The summed E-state index contributed by atoms with van der Waals surface area (Å²) in [6.45, 7) is 3.77. The van der Waals surface area contributed by atoms with Gasteiger partial charge in [0.2, 0.25) is 11.8 Å². The fourth-order valence-corrected chi connectivity index (χ4v) is 4.94. The first-order valence-electron chi connectivity index (χ1n) is 7.58. The number of amides is 2. The van der Waals surface area contributed by atoms with Crippen LogP contribution in [0.4, 0.5) is 0 Å². The number of hydrogen-bond acceptors (Lipinski definition) is 7. The Bertz CT molecular complexity index is 888. The van der Waals surface area contributed by atoms with Crippen molar-refractivity contribution in [1.29, 1.82) is 0 Å². The Hall–Kier alpha value is -2.09. The standard InChI is InChI=1S/C14H18N2O9S2/c1-7(17)15-4-5-26(21)9-6-8-10(14(2,3)25-27(22,23)24)12(18)16(8)11(9)13(19)20/h4-5,8,10H,6H2,1-3H3,(H,15,17)(H,19,20)(H,22,23,24)/b5-4-/t8-,10+,26+/m1/s1. The van der Waals surface area contributed by atoms with Gasteiger partial charge in [-0.1, -0.05) is 0 Å². The number of nitrogens with zero attached hydrogens (tertiary/aromatic N) is 1. The van der Waals surface area contributed by atoms with E-state index in [-0.39, 0.29) is 11.3 Å². The lowest BCUT2D eigenvalue weighted by molar-refractivity contribution is -0.166. The molecule has 0 aromatic heterocycles. The zero-order valence-electron chi connectivity index (χ0n) is 14.5. The molecule has 13 heteroatoms. The van der Waals surface area contributed by atoms with Crippen molar-refractivity contribution in [1.82, 2.24) is 10.2 Å². The van der Waals surface area contributed by atoms with Gasteiger partial charge in [0, 0.05) is 25.0 Å². The molecule has 2 aliphatic rings. The molecule has 0 aliphatic carbocycles. The van der Waals surface area contributed by atoms with Crippen molar-refractivity contribution < 1.29 is 40.9 Å². The molecule has 1 saturated heterocycles. The molecule has 0 bridgehead atoms. The van der Waals surface area contributed by atoms with E-state index in [1.807, 2.05) is 0 Å². The highest BCUT2D eigenvalue weighted by Crippen LogP contribution is 2.48. The van der Waals surface area contributed by atoms with Crippen LogP contribution in [0.2, 0.25) is 0 Å². The van der Waals surface area contributed by atoms with Gasteiger partial charge in [-0.2, -0.15) is 8.42 Å². The highest BCUT2D eigenvalue weighted by molar-refractivity contribution is 7.91. The Morgan fingerprint density at radius 1 is 1.41 bits per heavy atom. The van der Waals surface area contributed by atoms with Crippen molar-refractivity contribution in [2.24, 2.45) is 5.92 Å². The van der Waals surface area contributed by atoms with Crippen LogP contribution in [0, 0.1) is 5.92 Å². The molecule has 27 heavy (non-hydrogen) atoms.